The zero-order chi connectivity index (χ0) is 22.5. The lowest BCUT2D eigenvalue weighted by atomic mass is 10.2. The smallest absolute Gasteiger partial charge is 0.160 e. The molecule has 2 atom stereocenters. The van der Waals surface area contributed by atoms with Gasteiger partial charge in [-0.2, -0.15) is 0 Å². The topological polar surface area (TPSA) is 92.7 Å². The summed E-state index contributed by atoms with van der Waals surface area (Å²) in [5.41, 5.74) is 1.75. The number of anilines is 2. The molecule has 7 nitrogen and oxygen atoms in total. The Labute approximate surface area is 197 Å². The van der Waals surface area contributed by atoms with E-state index in [4.69, 9.17) is 11.6 Å². The Bertz CT molecular complexity index is 1050. The quantitative estimate of drug-likeness (QED) is 0.416. The van der Waals surface area contributed by atoms with Crippen molar-refractivity contribution in [3.63, 3.8) is 0 Å². The molecule has 0 bridgehead atoms. The van der Waals surface area contributed by atoms with E-state index < -0.39 is 0 Å². The van der Waals surface area contributed by atoms with Gasteiger partial charge in [0.25, 0.3) is 0 Å². The maximum absolute atomic E-state index is 10.7. The predicted octanol–water partition coefficient (Wildman–Crippen LogP) is 5.57. The van der Waals surface area contributed by atoms with E-state index >= 15 is 0 Å². The van der Waals surface area contributed by atoms with Crippen molar-refractivity contribution in [2.24, 2.45) is 11.8 Å². The van der Waals surface area contributed by atoms with E-state index in [-0.39, 0.29) is 0 Å². The van der Waals surface area contributed by atoms with Crippen LogP contribution in [0.3, 0.4) is 0 Å². The van der Waals surface area contributed by atoms with Gasteiger partial charge in [-0.25, -0.2) is 9.97 Å². The maximum Gasteiger partial charge on any atom is 0.160 e. The van der Waals surface area contributed by atoms with Crippen LogP contribution in [0.4, 0.5) is 11.6 Å². The Morgan fingerprint density at radius 2 is 1.56 bits per heavy atom. The molecule has 0 aliphatic heterocycles. The molecule has 3 aromatic rings. The van der Waals surface area contributed by atoms with Gasteiger partial charge in [0.1, 0.15) is 16.8 Å². The van der Waals surface area contributed by atoms with Gasteiger partial charge in [0.05, 0.1) is 35.4 Å². The third-order valence-electron chi connectivity index (χ3n) is 5.68. The fourth-order valence-corrected chi connectivity index (χ4v) is 4.28. The number of aromatic nitrogens is 4. The Kier molecular flexibility index (Phi) is 7.32. The molecule has 9 heteroatoms. The number of carbonyl (C=O) groups is 1. The second-order valence-corrected chi connectivity index (χ2v) is 9.74. The van der Waals surface area contributed by atoms with Crippen molar-refractivity contribution >= 4 is 40.9 Å². The van der Waals surface area contributed by atoms with Gasteiger partial charge in [0.2, 0.25) is 0 Å². The monoisotopic (exact) mass is 470 g/mol. The highest BCUT2D eigenvalue weighted by molar-refractivity contribution is 7.12. The lowest BCUT2D eigenvalue weighted by Crippen LogP contribution is -2.18. The van der Waals surface area contributed by atoms with E-state index in [1.54, 1.807) is 18.6 Å². The normalized spacial score (nSPS) is 17.0. The van der Waals surface area contributed by atoms with Crippen LogP contribution in [0.25, 0.3) is 11.3 Å². The zero-order valence-corrected chi connectivity index (χ0v) is 19.7. The number of halogens is 1. The molecule has 0 unspecified atom stereocenters. The summed E-state index contributed by atoms with van der Waals surface area (Å²) < 4.78 is 0. The van der Waals surface area contributed by atoms with Crippen LogP contribution in [0.2, 0.25) is 5.15 Å². The highest BCUT2D eigenvalue weighted by Crippen LogP contribution is 2.34. The molecular formula is C23H27ClN6OS. The lowest BCUT2D eigenvalue weighted by molar-refractivity contribution is 0.112. The van der Waals surface area contributed by atoms with Gasteiger partial charge >= 0.3 is 0 Å². The summed E-state index contributed by atoms with van der Waals surface area (Å²) in [6, 6.07) is 2.76. The number of hydrogen-bond acceptors (Lipinski definition) is 8. The van der Waals surface area contributed by atoms with Crippen LogP contribution in [0.1, 0.15) is 49.2 Å². The predicted molar refractivity (Wildman–Crippen MR) is 129 cm³/mol. The van der Waals surface area contributed by atoms with Crippen molar-refractivity contribution in [3.8, 4) is 11.3 Å². The molecule has 168 valence electrons. The van der Waals surface area contributed by atoms with Gasteiger partial charge in [0.15, 0.2) is 6.29 Å². The minimum atomic E-state index is 0.438. The van der Waals surface area contributed by atoms with Crippen LogP contribution in [0.5, 0.6) is 0 Å². The first-order valence-corrected chi connectivity index (χ1v) is 12.1. The van der Waals surface area contributed by atoms with Crippen LogP contribution in [-0.2, 0) is 0 Å². The summed E-state index contributed by atoms with van der Waals surface area (Å²) in [5, 5.41) is 9.05. The highest BCUT2D eigenvalue weighted by Gasteiger charge is 2.28. The second kappa shape index (κ2) is 10.4. The van der Waals surface area contributed by atoms with Gasteiger partial charge in [-0.3, -0.25) is 14.8 Å². The van der Waals surface area contributed by atoms with E-state index in [9.17, 15) is 4.79 Å². The van der Waals surface area contributed by atoms with E-state index in [1.165, 1.54) is 43.2 Å². The van der Waals surface area contributed by atoms with Gasteiger partial charge < -0.3 is 10.6 Å². The minimum Gasteiger partial charge on any atom is -0.366 e. The SMILES string of the molecule is C[C@H](Nc1cncc(-c2csc(C=O)c2)n1)C1CC1.C[C@H](Nc1cncc(Cl)n1)C1CC1. The summed E-state index contributed by atoms with van der Waals surface area (Å²) in [6.45, 7) is 4.35. The van der Waals surface area contributed by atoms with Crippen molar-refractivity contribution in [1.29, 1.82) is 0 Å². The molecule has 0 spiro atoms. The van der Waals surface area contributed by atoms with Crippen LogP contribution >= 0.6 is 22.9 Å². The summed E-state index contributed by atoms with van der Waals surface area (Å²) in [5.74, 6) is 3.15. The summed E-state index contributed by atoms with van der Waals surface area (Å²) in [6.07, 6.45) is 12.8. The molecule has 32 heavy (non-hydrogen) atoms. The number of nitrogens with one attached hydrogen (secondary N) is 2. The molecule has 0 radical (unpaired) electrons. The average molecular weight is 471 g/mol. The van der Waals surface area contributed by atoms with Gasteiger partial charge in [-0.15, -0.1) is 11.3 Å². The van der Waals surface area contributed by atoms with Crippen molar-refractivity contribution in [1.82, 2.24) is 19.9 Å². The first-order chi connectivity index (χ1) is 15.5. The number of nitrogens with zero attached hydrogens (tertiary/aromatic N) is 4. The molecule has 2 N–H and O–H groups in total. The van der Waals surface area contributed by atoms with E-state index in [2.05, 4.69) is 44.4 Å². The molecule has 2 fully saturated rings. The second-order valence-electron chi connectivity index (χ2n) is 8.41. The van der Waals surface area contributed by atoms with Gasteiger partial charge in [0, 0.05) is 23.0 Å². The van der Waals surface area contributed by atoms with Gasteiger partial charge in [-0.1, -0.05) is 11.6 Å². The largest absolute Gasteiger partial charge is 0.366 e. The molecule has 0 aromatic carbocycles. The first-order valence-electron chi connectivity index (χ1n) is 10.9. The lowest BCUT2D eigenvalue weighted by Gasteiger charge is -2.13. The summed E-state index contributed by atoms with van der Waals surface area (Å²) >= 11 is 7.13. The number of hydrogen-bond donors (Lipinski definition) is 2. The first kappa shape index (κ1) is 22.6. The molecule has 2 aliphatic rings. The standard InChI is InChI=1S/C14H15N3OS.C9H12ClN3/c1-9(10-2-3-10)16-14-6-15-5-13(17-14)11-4-12(7-18)19-8-11;1-6(7-2-3-7)12-9-5-11-4-8(10)13-9/h4-10H,2-3H2,1H3,(H,16,17);4-7H,2-3H2,1H3,(H,12,13)/t9-;6-/m00/s1. The van der Waals surface area contributed by atoms with Crippen molar-refractivity contribution < 1.29 is 4.79 Å². The molecule has 2 aliphatic carbocycles. The Morgan fingerprint density at radius 3 is 2.09 bits per heavy atom. The van der Waals surface area contributed by atoms with Crippen molar-refractivity contribution in [3.05, 3.63) is 46.3 Å². The number of thiophene rings is 1. The third-order valence-corrected chi connectivity index (χ3v) is 6.72. The zero-order valence-electron chi connectivity index (χ0n) is 18.2. The van der Waals surface area contributed by atoms with E-state index in [1.807, 2.05) is 11.4 Å². The molecular weight excluding hydrogens is 444 g/mol. The maximum atomic E-state index is 10.7. The number of aldehydes is 1. The molecule has 3 heterocycles. The average Bonchev–Trinajstić information content (AvgIpc) is 3.71. The van der Waals surface area contributed by atoms with Crippen LogP contribution in [-0.4, -0.2) is 38.3 Å². The fraction of sp³-hybridized carbons (Fsp3) is 0.435. The van der Waals surface area contributed by atoms with Crippen molar-refractivity contribution in [2.75, 3.05) is 10.6 Å². The summed E-state index contributed by atoms with van der Waals surface area (Å²) in [4.78, 5) is 28.3. The number of rotatable bonds is 8. The Balaban J connectivity index is 0.000000165. The molecule has 3 aromatic heterocycles. The molecule has 0 amide bonds. The van der Waals surface area contributed by atoms with E-state index in [0.717, 1.165) is 41.0 Å². The third kappa shape index (κ3) is 6.46. The number of carbonyl (C=O) groups excluding carboxylic acids is 1. The minimum absolute atomic E-state index is 0.438. The highest BCUT2D eigenvalue weighted by atomic mass is 35.5. The van der Waals surface area contributed by atoms with Crippen LogP contribution < -0.4 is 10.6 Å². The molecule has 5 rings (SSSR count). The Hall–Kier alpha value is -2.58. The summed E-state index contributed by atoms with van der Waals surface area (Å²) in [7, 11) is 0. The van der Waals surface area contributed by atoms with Crippen molar-refractivity contribution in [2.45, 2.75) is 51.6 Å². The fourth-order valence-electron chi connectivity index (χ4n) is 3.43. The molecule has 2 saturated carbocycles. The Morgan fingerprint density at radius 1 is 0.969 bits per heavy atom. The van der Waals surface area contributed by atoms with Gasteiger partial charge in [-0.05, 0) is 57.4 Å². The van der Waals surface area contributed by atoms with E-state index in [0.29, 0.717) is 22.1 Å². The van der Waals surface area contributed by atoms with Crippen LogP contribution in [0.15, 0.2) is 36.2 Å². The molecule has 0 saturated heterocycles. The van der Waals surface area contributed by atoms with Crippen LogP contribution in [0, 0.1) is 11.8 Å².